The number of aromatic nitrogens is 1. The average Bonchev–Trinajstić information content (AvgIpc) is 3.34. The van der Waals surface area contributed by atoms with E-state index in [4.69, 9.17) is 4.74 Å². The minimum atomic E-state index is -0.361. The molecular formula is C17H23N3O3S. The van der Waals surface area contributed by atoms with E-state index >= 15 is 0 Å². The first-order chi connectivity index (χ1) is 11.6. The van der Waals surface area contributed by atoms with E-state index in [-0.39, 0.29) is 23.1 Å². The number of carbonyl (C=O) groups excluding carboxylic acids is 2. The van der Waals surface area contributed by atoms with Crippen LogP contribution in [0, 0.1) is 18.3 Å². The zero-order valence-electron chi connectivity index (χ0n) is 14.0. The average molecular weight is 349 g/mol. The van der Waals surface area contributed by atoms with Crippen molar-refractivity contribution in [2.24, 2.45) is 11.3 Å². The molecule has 2 amide bonds. The second kappa shape index (κ2) is 6.11. The van der Waals surface area contributed by atoms with Gasteiger partial charge in [-0.2, -0.15) is 0 Å². The van der Waals surface area contributed by atoms with Gasteiger partial charge in [0.05, 0.1) is 35.2 Å². The van der Waals surface area contributed by atoms with E-state index in [9.17, 15) is 9.59 Å². The summed E-state index contributed by atoms with van der Waals surface area (Å²) < 4.78 is 5.33. The molecule has 6 nitrogen and oxygen atoms in total. The highest BCUT2D eigenvalue weighted by molar-refractivity contribution is 7.09. The van der Waals surface area contributed by atoms with Crippen LogP contribution in [0.5, 0.6) is 0 Å². The summed E-state index contributed by atoms with van der Waals surface area (Å²) >= 11 is 1.62. The first-order valence-electron chi connectivity index (χ1n) is 8.64. The lowest BCUT2D eigenvalue weighted by atomic mass is 9.85. The standard InChI is InChI=1S/C17H23N3O3S/c1-12-18-14(10-24-12)8-19-5-3-17(16(19)22)4-6-20(11-17)15(21)13-2-7-23-9-13/h10,13H,2-9,11H2,1H3/t13-,17-/m1/s1. The molecule has 130 valence electrons. The zero-order chi connectivity index (χ0) is 16.7. The van der Waals surface area contributed by atoms with E-state index in [0.29, 0.717) is 32.8 Å². The van der Waals surface area contributed by atoms with Crippen molar-refractivity contribution in [2.75, 3.05) is 32.8 Å². The number of nitrogens with zero attached hydrogens (tertiary/aromatic N) is 3. The van der Waals surface area contributed by atoms with Gasteiger partial charge in [0, 0.05) is 31.6 Å². The predicted molar refractivity (Wildman–Crippen MR) is 89.4 cm³/mol. The Kier molecular flexibility index (Phi) is 4.08. The Morgan fingerprint density at radius 1 is 1.46 bits per heavy atom. The minimum absolute atomic E-state index is 0.00857. The fraction of sp³-hybridized carbons (Fsp3) is 0.706. The number of aryl methyl sites for hydroxylation is 1. The Balaban J connectivity index is 1.41. The molecular weight excluding hydrogens is 326 g/mol. The highest BCUT2D eigenvalue weighted by atomic mass is 32.1. The van der Waals surface area contributed by atoms with Crippen molar-refractivity contribution in [2.45, 2.75) is 32.7 Å². The molecule has 4 heterocycles. The van der Waals surface area contributed by atoms with Crippen molar-refractivity contribution < 1.29 is 14.3 Å². The molecule has 0 N–H and O–H groups in total. The first-order valence-corrected chi connectivity index (χ1v) is 9.52. The number of amides is 2. The fourth-order valence-electron chi connectivity index (χ4n) is 4.15. The van der Waals surface area contributed by atoms with Crippen molar-refractivity contribution >= 4 is 23.2 Å². The molecule has 2 atom stereocenters. The van der Waals surface area contributed by atoms with E-state index in [1.807, 2.05) is 22.1 Å². The summed E-state index contributed by atoms with van der Waals surface area (Å²) in [7, 11) is 0. The summed E-state index contributed by atoms with van der Waals surface area (Å²) in [5, 5.41) is 3.06. The second-order valence-corrected chi connectivity index (χ2v) is 8.25. The van der Waals surface area contributed by atoms with Gasteiger partial charge in [0.15, 0.2) is 0 Å². The molecule has 0 aliphatic carbocycles. The lowest BCUT2D eigenvalue weighted by molar-refractivity contribution is -0.138. The van der Waals surface area contributed by atoms with Crippen LogP contribution in [0.25, 0.3) is 0 Å². The van der Waals surface area contributed by atoms with E-state index in [2.05, 4.69) is 4.98 Å². The van der Waals surface area contributed by atoms with Crippen LogP contribution in [0.4, 0.5) is 0 Å². The maximum atomic E-state index is 13.0. The van der Waals surface area contributed by atoms with Crippen molar-refractivity contribution in [1.82, 2.24) is 14.8 Å². The third-order valence-electron chi connectivity index (χ3n) is 5.56. The summed E-state index contributed by atoms with van der Waals surface area (Å²) in [5.74, 6) is 0.364. The fourth-order valence-corrected chi connectivity index (χ4v) is 4.75. The molecule has 0 radical (unpaired) electrons. The Morgan fingerprint density at radius 3 is 3.00 bits per heavy atom. The van der Waals surface area contributed by atoms with Gasteiger partial charge in [-0.3, -0.25) is 9.59 Å². The topological polar surface area (TPSA) is 62.7 Å². The van der Waals surface area contributed by atoms with Crippen LogP contribution in [0.2, 0.25) is 0 Å². The van der Waals surface area contributed by atoms with Crippen molar-refractivity contribution in [1.29, 1.82) is 0 Å². The summed E-state index contributed by atoms with van der Waals surface area (Å²) in [6.45, 7) is 5.83. The number of likely N-dealkylation sites (tertiary alicyclic amines) is 2. The van der Waals surface area contributed by atoms with Crippen LogP contribution in [0.1, 0.15) is 30.0 Å². The molecule has 0 saturated carbocycles. The van der Waals surface area contributed by atoms with Crippen molar-refractivity contribution in [3.63, 3.8) is 0 Å². The van der Waals surface area contributed by atoms with Crippen molar-refractivity contribution in [3.8, 4) is 0 Å². The lowest BCUT2D eigenvalue weighted by Gasteiger charge is -2.24. The van der Waals surface area contributed by atoms with E-state index in [1.54, 1.807) is 11.3 Å². The number of ether oxygens (including phenoxy) is 1. The molecule has 0 unspecified atom stereocenters. The monoisotopic (exact) mass is 349 g/mol. The van der Waals surface area contributed by atoms with Gasteiger partial charge >= 0.3 is 0 Å². The first kappa shape index (κ1) is 16.0. The third kappa shape index (κ3) is 2.73. The van der Waals surface area contributed by atoms with Crippen LogP contribution in [0.15, 0.2) is 5.38 Å². The number of carbonyl (C=O) groups is 2. The molecule has 1 aromatic heterocycles. The van der Waals surface area contributed by atoms with Gasteiger partial charge in [0.2, 0.25) is 11.8 Å². The van der Waals surface area contributed by atoms with Gasteiger partial charge in [0.25, 0.3) is 0 Å². The van der Waals surface area contributed by atoms with E-state index in [1.165, 1.54) is 0 Å². The van der Waals surface area contributed by atoms with Crippen LogP contribution in [0.3, 0.4) is 0 Å². The minimum Gasteiger partial charge on any atom is -0.381 e. The quantitative estimate of drug-likeness (QED) is 0.828. The van der Waals surface area contributed by atoms with Gasteiger partial charge in [-0.05, 0) is 26.2 Å². The van der Waals surface area contributed by atoms with E-state index < -0.39 is 0 Å². The molecule has 24 heavy (non-hydrogen) atoms. The lowest BCUT2D eigenvalue weighted by Crippen LogP contribution is -2.40. The normalized spacial score (nSPS) is 30.0. The van der Waals surface area contributed by atoms with Gasteiger partial charge < -0.3 is 14.5 Å². The van der Waals surface area contributed by atoms with Crippen LogP contribution in [-0.4, -0.2) is 59.4 Å². The molecule has 0 aromatic carbocycles. The van der Waals surface area contributed by atoms with Gasteiger partial charge in [-0.1, -0.05) is 0 Å². The number of hydrogen-bond donors (Lipinski definition) is 0. The molecule has 1 spiro atoms. The predicted octanol–water partition coefficient (Wildman–Crippen LogP) is 1.44. The summed E-state index contributed by atoms with van der Waals surface area (Å²) in [5.41, 5.74) is 0.608. The number of rotatable bonds is 3. The molecule has 3 aliphatic rings. The maximum absolute atomic E-state index is 13.0. The Hall–Kier alpha value is -1.47. The second-order valence-electron chi connectivity index (χ2n) is 7.19. The largest absolute Gasteiger partial charge is 0.381 e. The highest BCUT2D eigenvalue weighted by Gasteiger charge is 2.52. The van der Waals surface area contributed by atoms with Gasteiger partial charge in [-0.15, -0.1) is 11.3 Å². The highest BCUT2D eigenvalue weighted by Crippen LogP contribution is 2.41. The van der Waals surface area contributed by atoms with E-state index in [0.717, 1.165) is 36.5 Å². The Labute approximate surface area is 145 Å². The zero-order valence-corrected chi connectivity index (χ0v) is 14.8. The summed E-state index contributed by atoms with van der Waals surface area (Å²) in [6, 6.07) is 0. The number of thiazole rings is 1. The van der Waals surface area contributed by atoms with Gasteiger partial charge in [0.1, 0.15) is 0 Å². The Bertz CT molecular complexity index is 655. The Morgan fingerprint density at radius 2 is 2.29 bits per heavy atom. The number of hydrogen-bond acceptors (Lipinski definition) is 5. The molecule has 3 aliphatic heterocycles. The van der Waals surface area contributed by atoms with Crippen molar-refractivity contribution in [3.05, 3.63) is 16.1 Å². The molecule has 3 fully saturated rings. The molecule has 3 saturated heterocycles. The van der Waals surface area contributed by atoms with Crippen LogP contribution < -0.4 is 0 Å². The summed E-state index contributed by atoms with van der Waals surface area (Å²) in [6.07, 6.45) is 2.45. The van der Waals surface area contributed by atoms with Crippen LogP contribution in [-0.2, 0) is 20.9 Å². The summed E-state index contributed by atoms with van der Waals surface area (Å²) in [4.78, 5) is 33.8. The van der Waals surface area contributed by atoms with Gasteiger partial charge in [-0.25, -0.2) is 4.98 Å². The molecule has 4 rings (SSSR count). The molecule has 0 bridgehead atoms. The SMILES string of the molecule is Cc1nc(CN2CC[C@]3(CCN(C(=O)[C@@H]4CCOC4)C3)C2=O)cs1. The molecule has 7 heteroatoms. The smallest absolute Gasteiger partial charge is 0.231 e. The molecule has 1 aromatic rings. The van der Waals surface area contributed by atoms with Crippen LogP contribution >= 0.6 is 11.3 Å². The maximum Gasteiger partial charge on any atom is 0.231 e. The third-order valence-corrected chi connectivity index (χ3v) is 6.39.